The average Bonchev–Trinajstić information content (AvgIpc) is 3.60. The number of aromatic nitrogens is 3. The third-order valence-electron chi connectivity index (χ3n) is 6.93. The Morgan fingerprint density at radius 3 is 2.68 bits per heavy atom. The maximum absolute atomic E-state index is 13.0. The molecule has 2 N–H and O–H groups in total. The van der Waals surface area contributed by atoms with Gasteiger partial charge in [-0.05, 0) is 75.1 Å². The number of fused-ring (bicyclic) bond motifs is 1. The molecule has 0 atom stereocenters. The second kappa shape index (κ2) is 11.0. The van der Waals surface area contributed by atoms with E-state index in [2.05, 4.69) is 15.4 Å². The van der Waals surface area contributed by atoms with E-state index in [0.29, 0.717) is 30.8 Å². The molecule has 0 radical (unpaired) electrons. The van der Waals surface area contributed by atoms with E-state index >= 15 is 0 Å². The number of rotatable bonds is 10. The van der Waals surface area contributed by atoms with Crippen LogP contribution in [0.2, 0.25) is 0 Å². The highest BCUT2D eigenvalue weighted by Gasteiger charge is 2.26. The molecule has 2 aromatic carbocycles. The Bertz CT molecular complexity index is 1510. The van der Waals surface area contributed by atoms with E-state index in [0.717, 1.165) is 57.9 Å². The molecule has 0 fully saturated rings. The number of hydrogen-bond donors (Lipinski definition) is 2. The van der Waals surface area contributed by atoms with Gasteiger partial charge in [0.2, 0.25) is 0 Å². The van der Waals surface area contributed by atoms with Crippen LogP contribution in [0.3, 0.4) is 0 Å². The van der Waals surface area contributed by atoms with Gasteiger partial charge >= 0.3 is 0 Å². The third kappa shape index (κ3) is 5.10. The van der Waals surface area contributed by atoms with Crippen molar-refractivity contribution in [2.45, 2.75) is 40.0 Å². The summed E-state index contributed by atoms with van der Waals surface area (Å²) in [6.07, 6.45) is 7.79. The molecule has 7 nitrogen and oxygen atoms in total. The van der Waals surface area contributed by atoms with Crippen molar-refractivity contribution < 1.29 is 14.3 Å². The van der Waals surface area contributed by atoms with Crippen LogP contribution < -0.4 is 5.32 Å². The van der Waals surface area contributed by atoms with Crippen LogP contribution in [0.15, 0.2) is 60.9 Å². The van der Waals surface area contributed by atoms with E-state index in [9.17, 15) is 9.59 Å². The topological polar surface area (TPSA) is 89.0 Å². The van der Waals surface area contributed by atoms with Crippen LogP contribution in [0.25, 0.3) is 28.5 Å². The molecule has 4 aromatic rings. The van der Waals surface area contributed by atoms with Gasteiger partial charge in [0.1, 0.15) is 0 Å². The number of carbonyl (C=O) groups excluding carboxylic acids is 2. The molecule has 0 aliphatic carbocycles. The number of H-pyrrole nitrogens is 1. The van der Waals surface area contributed by atoms with Gasteiger partial charge in [-0.3, -0.25) is 9.59 Å². The quantitative estimate of drug-likeness (QED) is 0.148. The Kier molecular flexibility index (Phi) is 7.38. The molecule has 1 amide bonds. The van der Waals surface area contributed by atoms with E-state index in [4.69, 9.17) is 4.74 Å². The highest BCUT2D eigenvalue weighted by Crippen LogP contribution is 2.37. The van der Waals surface area contributed by atoms with Crippen molar-refractivity contribution in [3.63, 3.8) is 0 Å². The number of nitrogens with one attached hydrogen (secondary N) is 2. The standard InChI is InChI=1S/C31H32N4O3/c1-4-38-15-9-8-12-29(36)30-20(2)28(33-21(30)3)17-26-25-16-22(13-14-27(25)34-31(26)37)23-18-32-35(19-23)24-10-6-5-7-11-24/h5-7,10-11,13-14,16-19,33H,4,8-9,12,15H2,1-3H3,(H,34,37)/b26-17-. The van der Waals surface area contributed by atoms with Crippen molar-refractivity contribution in [2.75, 3.05) is 18.5 Å². The van der Waals surface area contributed by atoms with Crippen molar-refractivity contribution in [3.05, 3.63) is 89.0 Å². The van der Waals surface area contributed by atoms with Crippen molar-refractivity contribution in [1.29, 1.82) is 0 Å². The second-order valence-corrected chi connectivity index (χ2v) is 9.52. The van der Waals surface area contributed by atoms with Gasteiger partial charge in [-0.15, -0.1) is 0 Å². The number of carbonyl (C=O) groups is 2. The largest absolute Gasteiger partial charge is 0.382 e. The molecule has 1 aliphatic heterocycles. The highest BCUT2D eigenvalue weighted by molar-refractivity contribution is 6.35. The number of anilines is 1. The van der Waals surface area contributed by atoms with Crippen LogP contribution in [0.1, 0.15) is 59.1 Å². The lowest BCUT2D eigenvalue weighted by Crippen LogP contribution is -2.04. The zero-order chi connectivity index (χ0) is 26.6. The first-order valence-electron chi connectivity index (χ1n) is 13.0. The number of aromatic amines is 1. The molecular weight excluding hydrogens is 476 g/mol. The molecule has 0 saturated carbocycles. The van der Waals surface area contributed by atoms with Gasteiger partial charge in [-0.1, -0.05) is 24.3 Å². The molecule has 3 heterocycles. The number of ketones is 1. The van der Waals surface area contributed by atoms with Crippen LogP contribution in [-0.2, 0) is 9.53 Å². The van der Waals surface area contributed by atoms with Crippen molar-refractivity contribution in [3.8, 4) is 16.8 Å². The normalized spacial score (nSPS) is 13.7. The molecule has 194 valence electrons. The van der Waals surface area contributed by atoms with Crippen LogP contribution >= 0.6 is 0 Å². The van der Waals surface area contributed by atoms with E-state index in [1.165, 1.54) is 0 Å². The summed E-state index contributed by atoms with van der Waals surface area (Å²) in [5, 5.41) is 7.48. The molecule has 0 unspecified atom stereocenters. The zero-order valence-corrected chi connectivity index (χ0v) is 22.0. The van der Waals surface area contributed by atoms with E-state index in [-0.39, 0.29) is 11.7 Å². The summed E-state index contributed by atoms with van der Waals surface area (Å²) in [5.74, 6) is -0.0426. The fourth-order valence-corrected chi connectivity index (χ4v) is 4.94. The average molecular weight is 509 g/mol. The van der Waals surface area contributed by atoms with Gasteiger partial charge in [0.05, 0.1) is 17.5 Å². The van der Waals surface area contributed by atoms with Crippen LogP contribution in [-0.4, -0.2) is 39.7 Å². The molecule has 5 rings (SSSR count). The van der Waals surface area contributed by atoms with Gasteiger partial charge in [-0.2, -0.15) is 5.10 Å². The summed E-state index contributed by atoms with van der Waals surface area (Å²) in [4.78, 5) is 29.3. The Morgan fingerprint density at radius 2 is 1.89 bits per heavy atom. The lowest BCUT2D eigenvalue weighted by atomic mass is 9.98. The monoisotopic (exact) mass is 508 g/mol. The first kappa shape index (κ1) is 25.4. The Hall–Kier alpha value is -4.23. The van der Waals surface area contributed by atoms with Crippen LogP contribution in [0.4, 0.5) is 5.69 Å². The van der Waals surface area contributed by atoms with Crippen LogP contribution in [0.5, 0.6) is 0 Å². The summed E-state index contributed by atoms with van der Waals surface area (Å²) in [6.45, 7) is 7.18. The fourth-order valence-electron chi connectivity index (χ4n) is 4.94. The lowest BCUT2D eigenvalue weighted by molar-refractivity contribution is -0.110. The number of benzene rings is 2. The summed E-state index contributed by atoms with van der Waals surface area (Å²) in [7, 11) is 0. The first-order chi connectivity index (χ1) is 18.5. The van der Waals surface area contributed by atoms with Gasteiger partial charge in [0.25, 0.3) is 5.91 Å². The number of Topliss-reactive ketones (excluding diaryl/α,β-unsaturated/α-hetero) is 1. The van der Waals surface area contributed by atoms with Crippen LogP contribution in [0, 0.1) is 13.8 Å². The first-order valence-corrected chi connectivity index (χ1v) is 13.0. The molecular formula is C31H32N4O3. The maximum atomic E-state index is 13.0. The van der Waals surface area contributed by atoms with Gasteiger partial charge in [0.15, 0.2) is 5.78 Å². The third-order valence-corrected chi connectivity index (χ3v) is 6.93. The van der Waals surface area contributed by atoms with Crippen molar-refractivity contribution in [2.24, 2.45) is 0 Å². The minimum Gasteiger partial charge on any atom is -0.382 e. The zero-order valence-electron chi connectivity index (χ0n) is 22.0. The SMILES string of the molecule is CCOCCCCC(=O)c1c(C)[nH]c(/C=C2\C(=O)Nc3ccc(-c4cnn(-c5ccccc5)c4)cc32)c1C. The van der Waals surface area contributed by atoms with Gasteiger partial charge in [-0.25, -0.2) is 4.68 Å². The Labute approximate surface area is 222 Å². The van der Waals surface area contributed by atoms with E-state index in [1.807, 2.05) is 92.5 Å². The van der Waals surface area contributed by atoms with Crippen molar-refractivity contribution in [1.82, 2.24) is 14.8 Å². The number of unbranched alkanes of at least 4 members (excludes halogenated alkanes) is 1. The van der Waals surface area contributed by atoms with Gasteiger partial charge < -0.3 is 15.0 Å². The number of para-hydroxylation sites is 1. The summed E-state index contributed by atoms with van der Waals surface area (Å²) in [5.41, 5.74) is 8.26. The van der Waals surface area contributed by atoms with E-state index in [1.54, 1.807) is 0 Å². The number of hydrogen-bond acceptors (Lipinski definition) is 4. The number of aryl methyl sites for hydroxylation is 1. The predicted octanol–water partition coefficient (Wildman–Crippen LogP) is 6.37. The minimum absolute atomic E-state index is 0.117. The maximum Gasteiger partial charge on any atom is 0.256 e. The summed E-state index contributed by atoms with van der Waals surface area (Å²) < 4.78 is 7.21. The van der Waals surface area contributed by atoms with E-state index < -0.39 is 0 Å². The number of ether oxygens (including phenoxy) is 1. The van der Waals surface area contributed by atoms with Gasteiger partial charge in [0, 0.05) is 59.6 Å². The summed E-state index contributed by atoms with van der Waals surface area (Å²) in [6, 6.07) is 15.9. The number of nitrogens with zero attached hydrogens (tertiary/aromatic N) is 2. The molecule has 0 spiro atoms. The lowest BCUT2D eigenvalue weighted by Gasteiger charge is -2.04. The molecule has 1 aliphatic rings. The molecule has 2 aromatic heterocycles. The number of amides is 1. The van der Waals surface area contributed by atoms with Crippen molar-refractivity contribution >= 4 is 29.0 Å². The molecule has 0 saturated heterocycles. The minimum atomic E-state index is -0.160. The Morgan fingerprint density at radius 1 is 1.08 bits per heavy atom. The molecule has 38 heavy (non-hydrogen) atoms. The summed E-state index contributed by atoms with van der Waals surface area (Å²) >= 11 is 0. The molecule has 7 heteroatoms. The fraction of sp³-hybridized carbons (Fsp3) is 0.258. The Balaban J connectivity index is 1.41. The highest BCUT2D eigenvalue weighted by atomic mass is 16.5. The second-order valence-electron chi connectivity index (χ2n) is 9.52. The molecule has 0 bridgehead atoms. The smallest absolute Gasteiger partial charge is 0.256 e. The predicted molar refractivity (Wildman–Crippen MR) is 150 cm³/mol.